The first kappa shape index (κ1) is 30.9. The van der Waals surface area contributed by atoms with E-state index in [9.17, 15) is 31.1 Å². The molecule has 1 aliphatic heterocycles. The van der Waals surface area contributed by atoms with E-state index in [1.807, 2.05) is 6.92 Å². The molecule has 0 aliphatic carbocycles. The van der Waals surface area contributed by atoms with Crippen molar-refractivity contribution in [2.24, 2.45) is 5.92 Å². The molecule has 3 aromatic rings. The van der Waals surface area contributed by atoms with E-state index in [0.29, 0.717) is 11.3 Å². The van der Waals surface area contributed by atoms with E-state index < -0.39 is 38.0 Å². The number of likely N-dealkylation sites (N-methyl/N-ethyl adjacent to an activating group) is 1. The van der Waals surface area contributed by atoms with Crippen LogP contribution in [0.25, 0.3) is 0 Å². The van der Waals surface area contributed by atoms with E-state index in [-0.39, 0.29) is 52.7 Å². The zero-order valence-electron chi connectivity index (χ0n) is 22.7. The maximum Gasteiger partial charge on any atom is 0.261 e. The van der Waals surface area contributed by atoms with Gasteiger partial charge in [0, 0.05) is 30.8 Å². The van der Waals surface area contributed by atoms with Gasteiger partial charge in [-0.25, -0.2) is 21.2 Å². The fourth-order valence-electron chi connectivity index (χ4n) is 4.45. The number of hydrogen-bond acceptors (Lipinski definition) is 8. The first-order valence-corrected chi connectivity index (χ1v) is 16.6. The van der Waals surface area contributed by atoms with E-state index in [1.165, 1.54) is 40.5 Å². The maximum atomic E-state index is 13.4. The third-order valence-electron chi connectivity index (χ3n) is 6.89. The molecule has 3 atom stereocenters. The first-order chi connectivity index (χ1) is 19.3. The number of rotatable bonds is 9. The molecule has 0 spiro atoms. The lowest BCUT2D eigenvalue weighted by Crippen LogP contribution is -2.48. The van der Waals surface area contributed by atoms with Crippen molar-refractivity contribution in [1.82, 2.24) is 9.21 Å². The summed E-state index contributed by atoms with van der Waals surface area (Å²) in [6, 6.07) is 11.5. The molecule has 10 nitrogen and oxygen atoms in total. The second kappa shape index (κ2) is 12.4. The van der Waals surface area contributed by atoms with Crippen molar-refractivity contribution in [1.29, 1.82) is 0 Å². The highest BCUT2D eigenvalue weighted by molar-refractivity contribution is 7.92. The highest BCUT2D eigenvalue weighted by Gasteiger charge is 2.34. The number of sulfonamides is 2. The van der Waals surface area contributed by atoms with Crippen LogP contribution >= 0.6 is 11.3 Å². The zero-order valence-corrected chi connectivity index (χ0v) is 25.2. The molecule has 0 radical (unpaired) electrons. The minimum absolute atomic E-state index is 0.0185. The minimum atomic E-state index is -4.05. The smallest absolute Gasteiger partial charge is 0.261 e. The number of carbonyl (C=O) groups excluding carboxylic acids is 1. The van der Waals surface area contributed by atoms with Crippen molar-refractivity contribution >= 4 is 43.0 Å². The zero-order chi connectivity index (χ0) is 29.9. The van der Waals surface area contributed by atoms with Crippen molar-refractivity contribution in [2.75, 3.05) is 31.5 Å². The first-order valence-electron chi connectivity index (χ1n) is 12.8. The summed E-state index contributed by atoms with van der Waals surface area (Å²) in [4.78, 5) is 14.8. The van der Waals surface area contributed by atoms with E-state index in [2.05, 4.69) is 4.72 Å². The number of thiophene rings is 1. The molecule has 1 aromatic heterocycles. The van der Waals surface area contributed by atoms with Crippen LogP contribution in [0.2, 0.25) is 0 Å². The monoisotopic (exact) mass is 625 g/mol. The number of aliphatic hydroxyl groups is 1. The van der Waals surface area contributed by atoms with Gasteiger partial charge in [-0.1, -0.05) is 13.0 Å². The molecular formula is C27H32FN3O7S3. The van der Waals surface area contributed by atoms with Crippen LogP contribution in [0.15, 0.2) is 69.1 Å². The van der Waals surface area contributed by atoms with Crippen molar-refractivity contribution < 1.29 is 35.9 Å². The standard InChI is InChI=1S/C27H32FN3O7S3/c1-18-15-31(19(2)17-32)26(33)14-20-13-22(29-40(34,35)23-9-6-21(28)7-10-23)8-11-24(20)38-25(18)16-30(3)41(36,37)27-5-4-12-39-27/h4-13,18-19,25,29,32H,14-17H2,1-3H3/t18-,19+,25-/m0/s1. The summed E-state index contributed by atoms with van der Waals surface area (Å²) >= 11 is 1.11. The number of halogens is 1. The van der Waals surface area contributed by atoms with Gasteiger partial charge in [-0.2, -0.15) is 4.31 Å². The van der Waals surface area contributed by atoms with Crippen LogP contribution in [-0.4, -0.2) is 75.9 Å². The summed E-state index contributed by atoms with van der Waals surface area (Å²) in [6.45, 7) is 3.46. The average molecular weight is 626 g/mol. The number of carbonyl (C=O) groups is 1. The molecule has 0 saturated carbocycles. The predicted molar refractivity (Wildman–Crippen MR) is 153 cm³/mol. The summed E-state index contributed by atoms with van der Waals surface area (Å²) in [5, 5.41) is 11.5. The van der Waals surface area contributed by atoms with Gasteiger partial charge in [0.2, 0.25) is 5.91 Å². The quantitative estimate of drug-likeness (QED) is 0.373. The molecule has 222 valence electrons. The summed E-state index contributed by atoms with van der Waals surface area (Å²) in [5.41, 5.74) is 0.541. The van der Waals surface area contributed by atoms with E-state index >= 15 is 0 Å². The number of aliphatic hydroxyl groups excluding tert-OH is 1. The summed E-state index contributed by atoms with van der Waals surface area (Å²) < 4.78 is 75.5. The Labute approximate surface area is 243 Å². The normalized spacial score (nSPS) is 19.1. The lowest BCUT2D eigenvalue weighted by Gasteiger charge is -2.33. The molecule has 2 aromatic carbocycles. The Morgan fingerprint density at radius 3 is 2.51 bits per heavy atom. The fourth-order valence-corrected chi connectivity index (χ4v) is 7.89. The molecule has 0 fully saturated rings. The predicted octanol–water partition coefficient (Wildman–Crippen LogP) is 3.16. The van der Waals surface area contributed by atoms with Crippen LogP contribution in [0.1, 0.15) is 19.4 Å². The van der Waals surface area contributed by atoms with Gasteiger partial charge in [0.25, 0.3) is 20.0 Å². The van der Waals surface area contributed by atoms with Crippen molar-refractivity contribution in [3.8, 4) is 5.75 Å². The Morgan fingerprint density at radius 2 is 1.88 bits per heavy atom. The lowest BCUT2D eigenvalue weighted by molar-refractivity contribution is -0.134. The third-order valence-corrected chi connectivity index (χ3v) is 11.5. The van der Waals surface area contributed by atoms with Gasteiger partial charge in [-0.05, 0) is 60.8 Å². The average Bonchev–Trinajstić information content (AvgIpc) is 3.48. The highest BCUT2D eigenvalue weighted by Crippen LogP contribution is 2.31. The largest absolute Gasteiger partial charge is 0.488 e. The molecule has 41 heavy (non-hydrogen) atoms. The van der Waals surface area contributed by atoms with Crippen LogP contribution in [-0.2, 0) is 31.3 Å². The summed E-state index contributed by atoms with van der Waals surface area (Å²) in [5.74, 6) is -0.907. The van der Waals surface area contributed by atoms with Gasteiger partial charge in [0.15, 0.2) is 0 Å². The molecular weight excluding hydrogens is 594 g/mol. The van der Waals surface area contributed by atoms with Gasteiger partial charge >= 0.3 is 0 Å². The Kier molecular flexibility index (Phi) is 9.39. The molecule has 0 bridgehead atoms. The SMILES string of the molecule is C[C@H](CO)N1C[C@H](C)[C@H](CN(C)S(=O)(=O)c2cccs2)Oc2ccc(NS(=O)(=O)c3ccc(F)cc3)cc2CC1=O. The number of amides is 1. The Morgan fingerprint density at radius 1 is 1.17 bits per heavy atom. The number of hydrogen-bond donors (Lipinski definition) is 2. The number of benzene rings is 2. The number of ether oxygens (including phenoxy) is 1. The fraction of sp³-hybridized carbons (Fsp3) is 0.370. The van der Waals surface area contributed by atoms with Crippen molar-refractivity contribution in [2.45, 2.75) is 41.5 Å². The van der Waals surface area contributed by atoms with E-state index in [0.717, 1.165) is 35.6 Å². The Bertz CT molecular complexity index is 1580. The van der Waals surface area contributed by atoms with Crippen molar-refractivity contribution in [3.05, 3.63) is 71.4 Å². The molecule has 14 heteroatoms. The van der Waals surface area contributed by atoms with Crippen LogP contribution in [0.5, 0.6) is 5.75 Å². The van der Waals surface area contributed by atoms with Gasteiger partial charge in [0.1, 0.15) is 21.9 Å². The van der Waals surface area contributed by atoms with Gasteiger partial charge in [-0.15, -0.1) is 11.3 Å². The second-order valence-electron chi connectivity index (χ2n) is 9.99. The summed E-state index contributed by atoms with van der Waals surface area (Å²) in [7, 11) is -6.37. The third kappa shape index (κ3) is 7.07. The Balaban J connectivity index is 1.68. The van der Waals surface area contributed by atoms with Gasteiger partial charge in [-0.3, -0.25) is 9.52 Å². The molecule has 2 heterocycles. The lowest BCUT2D eigenvalue weighted by atomic mass is 10.0. The van der Waals surface area contributed by atoms with Crippen molar-refractivity contribution in [3.63, 3.8) is 0 Å². The van der Waals surface area contributed by atoms with Crippen LogP contribution in [0.3, 0.4) is 0 Å². The van der Waals surface area contributed by atoms with Crippen LogP contribution in [0.4, 0.5) is 10.1 Å². The maximum absolute atomic E-state index is 13.4. The molecule has 2 N–H and O–H groups in total. The topological polar surface area (TPSA) is 133 Å². The number of fused-ring (bicyclic) bond motifs is 1. The molecule has 4 rings (SSSR count). The van der Waals surface area contributed by atoms with Gasteiger partial charge < -0.3 is 14.7 Å². The summed E-state index contributed by atoms with van der Waals surface area (Å²) in [6.07, 6.45) is -0.830. The molecule has 0 saturated heterocycles. The highest BCUT2D eigenvalue weighted by atomic mass is 32.2. The number of nitrogens with zero attached hydrogens (tertiary/aromatic N) is 2. The van der Waals surface area contributed by atoms with Gasteiger partial charge in [0.05, 0.1) is 30.5 Å². The molecule has 0 unspecified atom stereocenters. The van der Waals surface area contributed by atoms with Crippen LogP contribution in [0, 0.1) is 11.7 Å². The number of nitrogens with one attached hydrogen (secondary N) is 1. The number of anilines is 1. The minimum Gasteiger partial charge on any atom is -0.488 e. The van der Waals surface area contributed by atoms with E-state index in [1.54, 1.807) is 18.4 Å². The second-order valence-corrected chi connectivity index (χ2v) is 14.9. The van der Waals surface area contributed by atoms with E-state index in [4.69, 9.17) is 4.74 Å². The molecule has 1 amide bonds. The van der Waals surface area contributed by atoms with Crippen LogP contribution < -0.4 is 9.46 Å². The Hall–Kier alpha value is -3.04. The molecule has 1 aliphatic rings.